The summed E-state index contributed by atoms with van der Waals surface area (Å²) in [6.07, 6.45) is 3.54. The molecule has 3 rings (SSSR count). The maximum absolute atomic E-state index is 10.8. The van der Waals surface area contributed by atoms with Crippen LogP contribution in [0.4, 0.5) is 0 Å². The molecule has 1 aliphatic rings. The van der Waals surface area contributed by atoms with Gasteiger partial charge in [-0.3, -0.25) is 0 Å². The van der Waals surface area contributed by atoms with Crippen LogP contribution in [0, 0.1) is 0 Å². The van der Waals surface area contributed by atoms with E-state index in [1.54, 1.807) is 0 Å². The van der Waals surface area contributed by atoms with Crippen LogP contribution in [0.25, 0.3) is 0 Å². The first-order chi connectivity index (χ1) is 12.3. The van der Waals surface area contributed by atoms with Crippen molar-refractivity contribution in [2.24, 2.45) is 0 Å². The predicted molar refractivity (Wildman–Crippen MR) is 112 cm³/mol. The second-order valence-electron chi connectivity index (χ2n) is 8.84. The third-order valence-corrected chi connectivity index (χ3v) is 11.1. The molecule has 140 valence electrons. The number of benzene rings is 2. The second kappa shape index (κ2) is 7.30. The number of hydrogen-bond donors (Lipinski definition) is 1. The van der Waals surface area contributed by atoms with Crippen LogP contribution >= 0.6 is 0 Å². The Kier molecular flexibility index (Phi) is 5.43. The van der Waals surface area contributed by atoms with Gasteiger partial charge in [-0.05, 0) is 35.2 Å². The zero-order chi connectivity index (χ0) is 18.8. The first-order valence-corrected chi connectivity index (χ1v) is 11.7. The van der Waals surface area contributed by atoms with E-state index in [1.807, 2.05) is 0 Å². The molecule has 1 fully saturated rings. The highest BCUT2D eigenvalue weighted by Crippen LogP contribution is 2.42. The van der Waals surface area contributed by atoms with Gasteiger partial charge in [-0.1, -0.05) is 94.3 Å². The minimum Gasteiger partial charge on any atom is -0.400 e. The van der Waals surface area contributed by atoms with E-state index < -0.39 is 20.0 Å². The smallest absolute Gasteiger partial charge is 0.261 e. The first-order valence-electron chi connectivity index (χ1n) is 9.79. The summed E-state index contributed by atoms with van der Waals surface area (Å²) in [5.74, 6) is 0. The maximum atomic E-state index is 10.8. The minimum absolute atomic E-state index is 0.0596. The lowest BCUT2D eigenvalue weighted by atomic mass is 9.84. The van der Waals surface area contributed by atoms with Gasteiger partial charge < -0.3 is 9.53 Å². The molecule has 0 heterocycles. The molecule has 1 aliphatic carbocycles. The van der Waals surface area contributed by atoms with Crippen molar-refractivity contribution in [2.45, 2.75) is 70.1 Å². The van der Waals surface area contributed by atoms with Crippen molar-refractivity contribution in [3.63, 3.8) is 0 Å². The molecule has 0 bridgehead atoms. The van der Waals surface area contributed by atoms with Gasteiger partial charge in [0.15, 0.2) is 0 Å². The summed E-state index contributed by atoms with van der Waals surface area (Å²) in [4.78, 5) is 0. The van der Waals surface area contributed by atoms with Crippen LogP contribution in [-0.4, -0.2) is 25.1 Å². The van der Waals surface area contributed by atoms with Crippen molar-refractivity contribution in [3.8, 4) is 0 Å². The van der Waals surface area contributed by atoms with Crippen LogP contribution in [0.1, 0.15) is 53.4 Å². The summed E-state index contributed by atoms with van der Waals surface area (Å²) < 4.78 is 7.20. The molecule has 0 saturated heterocycles. The normalized spacial score (nSPS) is 24.4. The summed E-state index contributed by atoms with van der Waals surface area (Å²) in [5.41, 5.74) is -0.497. The average molecular weight is 369 g/mol. The van der Waals surface area contributed by atoms with Gasteiger partial charge >= 0.3 is 0 Å². The van der Waals surface area contributed by atoms with Crippen LogP contribution in [0.5, 0.6) is 0 Å². The van der Waals surface area contributed by atoms with Crippen molar-refractivity contribution in [3.05, 3.63) is 60.7 Å². The van der Waals surface area contributed by atoms with Crippen LogP contribution in [0.2, 0.25) is 5.04 Å². The van der Waals surface area contributed by atoms with Gasteiger partial charge in [0.2, 0.25) is 0 Å². The summed E-state index contributed by atoms with van der Waals surface area (Å²) in [7, 11) is -2.61. The van der Waals surface area contributed by atoms with Gasteiger partial charge in [0.1, 0.15) is 0 Å². The molecule has 0 aromatic heterocycles. The number of aliphatic hydroxyl groups excluding tert-OH is 1. The predicted octanol–water partition coefficient (Wildman–Crippen LogP) is 4.26. The second-order valence-corrected chi connectivity index (χ2v) is 13.1. The van der Waals surface area contributed by atoms with Crippen molar-refractivity contribution in [1.82, 2.24) is 0 Å². The van der Waals surface area contributed by atoms with E-state index >= 15 is 0 Å². The largest absolute Gasteiger partial charge is 0.400 e. The minimum atomic E-state index is -2.61. The Hall–Kier alpha value is -1.42. The summed E-state index contributed by atoms with van der Waals surface area (Å²) >= 11 is 0. The molecule has 1 N–H and O–H groups in total. The molecule has 3 heteroatoms. The zero-order valence-corrected chi connectivity index (χ0v) is 17.5. The van der Waals surface area contributed by atoms with E-state index in [2.05, 4.69) is 88.4 Å². The summed E-state index contributed by atoms with van der Waals surface area (Å²) in [6.45, 7) is 8.99. The van der Waals surface area contributed by atoms with Gasteiger partial charge in [-0.15, -0.1) is 0 Å². The molecule has 0 unspecified atom stereocenters. The Morgan fingerprint density at radius 3 is 1.85 bits per heavy atom. The highest BCUT2D eigenvalue weighted by molar-refractivity contribution is 6.99. The third-order valence-electron chi connectivity index (χ3n) is 5.91. The van der Waals surface area contributed by atoms with Gasteiger partial charge in [0, 0.05) is 0 Å². The maximum Gasteiger partial charge on any atom is 0.261 e. The molecule has 2 atom stereocenters. The van der Waals surface area contributed by atoms with Gasteiger partial charge in [0.25, 0.3) is 8.32 Å². The summed E-state index contributed by atoms with van der Waals surface area (Å²) in [5, 5.41) is 13.3. The average Bonchev–Trinajstić information content (AvgIpc) is 2.63. The van der Waals surface area contributed by atoms with E-state index in [1.165, 1.54) is 10.4 Å². The third kappa shape index (κ3) is 3.40. The molecular weight excluding hydrogens is 336 g/mol. The Labute approximate surface area is 159 Å². The van der Waals surface area contributed by atoms with Crippen molar-refractivity contribution >= 4 is 18.7 Å². The van der Waals surface area contributed by atoms with Crippen LogP contribution < -0.4 is 10.4 Å². The Bertz CT molecular complexity index is 668. The standard InChI is InChI=1S/C23H32O2Si/c1-22(2,3)26(19-13-7-5-8-14-19,20-15-9-6-10-16-20)25-23(4)18-12-11-17-21(23)24/h5-10,13-16,21,24H,11-12,17-18H2,1-4H3/t21-,23-/m1/s1. The lowest BCUT2D eigenvalue weighted by molar-refractivity contribution is -0.0742. The van der Waals surface area contributed by atoms with Gasteiger partial charge in [-0.2, -0.15) is 0 Å². The molecule has 1 saturated carbocycles. The molecule has 2 nitrogen and oxygen atoms in total. The topological polar surface area (TPSA) is 29.5 Å². The van der Waals surface area contributed by atoms with Gasteiger partial charge in [0.05, 0.1) is 11.7 Å². The van der Waals surface area contributed by atoms with E-state index in [0.717, 1.165) is 25.7 Å². The lowest BCUT2D eigenvalue weighted by Crippen LogP contribution is -2.70. The van der Waals surface area contributed by atoms with E-state index in [-0.39, 0.29) is 5.04 Å². The summed E-state index contributed by atoms with van der Waals surface area (Å²) in [6, 6.07) is 21.4. The van der Waals surface area contributed by atoms with E-state index in [9.17, 15) is 5.11 Å². The molecule has 0 amide bonds. The molecule has 26 heavy (non-hydrogen) atoms. The van der Waals surface area contributed by atoms with Crippen LogP contribution in [0.15, 0.2) is 60.7 Å². The number of rotatable bonds is 4. The molecule has 0 aliphatic heterocycles. The fourth-order valence-electron chi connectivity index (χ4n) is 4.40. The van der Waals surface area contributed by atoms with Crippen molar-refractivity contribution in [1.29, 1.82) is 0 Å². The lowest BCUT2D eigenvalue weighted by Gasteiger charge is -2.51. The van der Waals surface area contributed by atoms with Crippen LogP contribution in [0.3, 0.4) is 0 Å². The van der Waals surface area contributed by atoms with Crippen molar-refractivity contribution in [2.75, 3.05) is 0 Å². The highest BCUT2D eigenvalue weighted by Gasteiger charge is 2.55. The highest BCUT2D eigenvalue weighted by atomic mass is 28.4. The van der Waals surface area contributed by atoms with Gasteiger partial charge in [-0.25, -0.2) is 0 Å². The van der Waals surface area contributed by atoms with E-state index in [4.69, 9.17) is 4.43 Å². The molecule has 2 aromatic rings. The molecular formula is C23H32O2Si. The Morgan fingerprint density at radius 2 is 1.42 bits per heavy atom. The fraction of sp³-hybridized carbons (Fsp3) is 0.478. The van der Waals surface area contributed by atoms with Crippen LogP contribution in [-0.2, 0) is 4.43 Å². The monoisotopic (exact) mass is 368 g/mol. The SMILES string of the molecule is CC(C)(C)[Si](O[C@]1(C)CCCC[C@H]1O)(c1ccccc1)c1ccccc1. The first kappa shape index (κ1) is 19.3. The Balaban J connectivity index is 2.21. The van der Waals surface area contributed by atoms with E-state index in [0.29, 0.717) is 0 Å². The molecule has 2 aromatic carbocycles. The quantitative estimate of drug-likeness (QED) is 0.817. The molecule has 0 spiro atoms. The Morgan fingerprint density at radius 1 is 0.923 bits per heavy atom. The molecule has 0 radical (unpaired) electrons. The zero-order valence-electron chi connectivity index (χ0n) is 16.5. The number of hydrogen-bond acceptors (Lipinski definition) is 2. The number of aliphatic hydroxyl groups is 1. The fourth-order valence-corrected chi connectivity index (χ4v) is 9.27. The van der Waals surface area contributed by atoms with Crippen molar-refractivity contribution < 1.29 is 9.53 Å².